The molecule has 0 aliphatic carbocycles. The summed E-state index contributed by atoms with van der Waals surface area (Å²) >= 11 is 0. The van der Waals surface area contributed by atoms with E-state index in [9.17, 15) is 34.1 Å². The predicted molar refractivity (Wildman–Crippen MR) is 231 cm³/mol. The summed E-state index contributed by atoms with van der Waals surface area (Å²) in [6.45, 7) is 2.56. The fourth-order valence-electron chi connectivity index (χ4n) is 6.10. The van der Waals surface area contributed by atoms with Crippen LogP contribution in [0, 0.1) is 0 Å². The number of amides is 1. The highest BCUT2D eigenvalue weighted by Gasteiger charge is 2.28. The number of nitrogens with one attached hydrogen (secondary N) is 1. The van der Waals surface area contributed by atoms with E-state index in [1.807, 2.05) is 0 Å². The summed E-state index contributed by atoms with van der Waals surface area (Å²) in [6, 6.07) is -1.55. The minimum Gasteiger partial charge on any atom is -0.480 e. The Kier molecular flexibility index (Phi) is 38.8. The number of ether oxygens (including phenoxy) is 1. The number of allylic oxidation sites excluding steroid dienone is 6. The van der Waals surface area contributed by atoms with Gasteiger partial charge in [0.1, 0.15) is 12.7 Å². The second-order valence-corrected chi connectivity index (χ2v) is 16.7. The summed E-state index contributed by atoms with van der Waals surface area (Å²) in [6.07, 6.45) is 43.0. The lowest BCUT2D eigenvalue weighted by molar-refractivity contribution is -0.147. The van der Waals surface area contributed by atoms with Crippen LogP contribution in [0.5, 0.6) is 0 Å². The highest BCUT2D eigenvalue weighted by Crippen LogP contribution is 2.43. The lowest BCUT2D eigenvalue weighted by atomic mass is 10.1. The molecule has 332 valence electrons. The Morgan fingerprint density at radius 1 is 0.561 bits per heavy atom. The summed E-state index contributed by atoms with van der Waals surface area (Å²) < 4.78 is 26.8. The Bertz CT molecular complexity index is 1110. The molecule has 12 heteroatoms. The number of aliphatic hydroxyl groups excluding tert-OH is 1. The largest absolute Gasteiger partial charge is 0.480 e. The van der Waals surface area contributed by atoms with Gasteiger partial charge in [0.25, 0.3) is 0 Å². The van der Waals surface area contributed by atoms with Gasteiger partial charge in [0.05, 0.1) is 13.2 Å². The Hall–Kier alpha value is -2.30. The van der Waals surface area contributed by atoms with Gasteiger partial charge < -0.3 is 25.2 Å². The number of carbonyl (C=O) groups is 3. The second-order valence-electron chi connectivity index (χ2n) is 15.2. The molecule has 0 rings (SSSR count). The lowest BCUT2D eigenvalue weighted by Gasteiger charge is -2.18. The van der Waals surface area contributed by atoms with Crippen LogP contribution in [0.1, 0.15) is 200 Å². The average Bonchev–Trinajstić information content (AvgIpc) is 3.18. The summed E-state index contributed by atoms with van der Waals surface area (Å²) in [7, 11) is -4.76. The zero-order valence-corrected chi connectivity index (χ0v) is 36.8. The van der Waals surface area contributed by atoms with Crippen LogP contribution in [0.2, 0.25) is 0 Å². The van der Waals surface area contributed by atoms with Crippen molar-refractivity contribution in [2.45, 2.75) is 212 Å². The zero-order chi connectivity index (χ0) is 42.1. The number of aliphatic hydroxyl groups is 1. The summed E-state index contributed by atoms with van der Waals surface area (Å²) in [5.41, 5.74) is 0. The molecule has 0 saturated heterocycles. The van der Waals surface area contributed by atoms with Gasteiger partial charge in [-0.05, 0) is 70.6 Å². The molecule has 0 aliphatic heterocycles. The third-order valence-electron chi connectivity index (χ3n) is 9.65. The van der Waals surface area contributed by atoms with Gasteiger partial charge in [-0.25, -0.2) is 9.36 Å². The molecule has 0 spiro atoms. The number of unbranched alkanes of at least 4 members (excludes halogenated alkanes) is 22. The third kappa shape index (κ3) is 40.3. The lowest BCUT2D eigenvalue weighted by Crippen LogP contribution is -2.43. The minimum absolute atomic E-state index is 0.135. The molecule has 0 bridgehead atoms. The van der Waals surface area contributed by atoms with Gasteiger partial charge in [-0.1, -0.05) is 153 Å². The number of carboxylic acid groups (broad SMARTS) is 1. The fourth-order valence-corrected chi connectivity index (χ4v) is 6.88. The van der Waals surface area contributed by atoms with Crippen LogP contribution >= 0.6 is 7.82 Å². The highest BCUT2D eigenvalue weighted by atomic mass is 31.2. The predicted octanol–water partition coefficient (Wildman–Crippen LogP) is 11.6. The molecule has 0 aromatic carbocycles. The van der Waals surface area contributed by atoms with Gasteiger partial charge in [0.2, 0.25) is 5.91 Å². The molecule has 57 heavy (non-hydrogen) atoms. The number of esters is 1. The number of phosphoric acid groups is 1. The Balaban J connectivity index is 3.90. The van der Waals surface area contributed by atoms with Crippen molar-refractivity contribution < 1.29 is 47.8 Å². The summed E-state index contributed by atoms with van der Waals surface area (Å²) in [4.78, 5) is 45.9. The van der Waals surface area contributed by atoms with Gasteiger partial charge in [0, 0.05) is 12.8 Å². The molecular formula is C45H82NO10P. The van der Waals surface area contributed by atoms with Crippen molar-refractivity contribution in [1.82, 2.24) is 5.32 Å². The van der Waals surface area contributed by atoms with Crippen LogP contribution in [0.15, 0.2) is 36.5 Å². The van der Waals surface area contributed by atoms with E-state index in [4.69, 9.17) is 13.8 Å². The molecule has 0 heterocycles. The van der Waals surface area contributed by atoms with E-state index >= 15 is 0 Å². The molecule has 4 N–H and O–H groups in total. The van der Waals surface area contributed by atoms with Gasteiger partial charge in [-0.3, -0.25) is 18.6 Å². The first-order valence-corrected chi connectivity index (χ1v) is 24.0. The number of carbonyl (C=O) groups excluding carboxylic acids is 2. The maximum Gasteiger partial charge on any atom is 0.472 e. The number of aliphatic carboxylic acids is 1. The number of hydrogen-bond acceptors (Lipinski definition) is 8. The van der Waals surface area contributed by atoms with Crippen molar-refractivity contribution in [3.63, 3.8) is 0 Å². The van der Waals surface area contributed by atoms with Crippen LogP contribution in [0.3, 0.4) is 0 Å². The Morgan fingerprint density at radius 2 is 0.965 bits per heavy atom. The summed E-state index contributed by atoms with van der Waals surface area (Å²) in [5.74, 6) is -2.39. The molecule has 3 atom stereocenters. The summed E-state index contributed by atoms with van der Waals surface area (Å²) in [5, 5.41) is 21.8. The standard InChI is InChI=1S/C45H82NO10P/c1-3-5-7-9-11-13-15-17-19-20-21-23-25-27-29-31-33-35-37-44(49)54-38-41(47)39-55-57(52,53)56-40-42(45(50)51)46-43(48)36-34-32-30-28-26-24-22-18-16-14-12-10-8-6-4-2/h13,15,18-20,22,41-42,47H,3-12,14,16-17,21,23-40H2,1-2H3,(H,46,48)(H,50,51)(H,52,53)/b15-13-,20-19-,22-18-. The van der Waals surface area contributed by atoms with E-state index in [-0.39, 0.29) is 12.8 Å². The van der Waals surface area contributed by atoms with Gasteiger partial charge >= 0.3 is 19.8 Å². The molecule has 0 radical (unpaired) electrons. The van der Waals surface area contributed by atoms with E-state index in [2.05, 4.69) is 55.6 Å². The van der Waals surface area contributed by atoms with Crippen LogP contribution < -0.4 is 5.32 Å². The molecule has 3 unspecified atom stereocenters. The maximum absolute atomic E-state index is 12.3. The smallest absolute Gasteiger partial charge is 0.472 e. The van der Waals surface area contributed by atoms with Crippen molar-refractivity contribution in [2.24, 2.45) is 0 Å². The SMILES string of the molecule is CCCCCC/C=C\C/C=C\CCCCCCCCCC(=O)OCC(O)COP(=O)(O)OCC(NC(=O)CCCCCCC/C=C\CCCCCCCC)C(=O)O. The Labute approximate surface area is 346 Å². The molecule has 0 fully saturated rings. The normalized spacial score (nSPS) is 14.0. The van der Waals surface area contributed by atoms with Gasteiger partial charge in [-0.2, -0.15) is 0 Å². The van der Waals surface area contributed by atoms with Gasteiger partial charge in [-0.15, -0.1) is 0 Å². The number of rotatable bonds is 42. The van der Waals surface area contributed by atoms with Crippen molar-refractivity contribution in [3.05, 3.63) is 36.5 Å². The topological polar surface area (TPSA) is 169 Å². The second kappa shape index (κ2) is 40.5. The molecule has 11 nitrogen and oxygen atoms in total. The quantitative estimate of drug-likeness (QED) is 0.0201. The van der Waals surface area contributed by atoms with Crippen LogP contribution in [0.25, 0.3) is 0 Å². The first-order chi connectivity index (χ1) is 27.6. The molecule has 0 aliphatic rings. The van der Waals surface area contributed by atoms with Crippen LogP contribution in [0.4, 0.5) is 0 Å². The van der Waals surface area contributed by atoms with Crippen LogP contribution in [-0.2, 0) is 32.7 Å². The first-order valence-electron chi connectivity index (χ1n) is 22.5. The monoisotopic (exact) mass is 828 g/mol. The average molecular weight is 828 g/mol. The van der Waals surface area contributed by atoms with Crippen LogP contribution in [-0.4, -0.2) is 64.9 Å². The first kappa shape index (κ1) is 54.7. The molecular weight excluding hydrogens is 745 g/mol. The van der Waals surface area contributed by atoms with Crippen molar-refractivity contribution >= 4 is 25.7 Å². The van der Waals surface area contributed by atoms with Crippen molar-refractivity contribution in [3.8, 4) is 0 Å². The van der Waals surface area contributed by atoms with E-state index in [1.54, 1.807) is 0 Å². The fraction of sp³-hybridized carbons (Fsp3) is 0.800. The number of phosphoric ester groups is 1. The van der Waals surface area contributed by atoms with Gasteiger partial charge in [0.15, 0.2) is 6.04 Å². The third-order valence-corrected chi connectivity index (χ3v) is 10.6. The molecule has 0 saturated carbocycles. The van der Waals surface area contributed by atoms with E-state index in [0.717, 1.165) is 70.6 Å². The van der Waals surface area contributed by atoms with Crippen molar-refractivity contribution in [2.75, 3.05) is 19.8 Å². The molecule has 1 amide bonds. The zero-order valence-electron chi connectivity index (χ0n) is 35.9. The van der Waals surface area contributed by atoms with E-state index in [1.165, 1.54) is 89.9 Å². The van der Waals surface area contributed by atoms with Crippen molar-refractivity contribution in [1.29, 1.82) is 0 Å². The molecule has 0 aromatic rings. The number of carboxylic acids is 1. The van der Waals surface area contributed by atoms with E-state index < -0.39 is 57.6 Å². The maximum atomic E-state index is 12.3. The molecule has 0 aromatic heterocycles. The Morgan fingerprint density at radius 3 is 1.46 bits per heavy atom. The van der Waals surface area contributed by atoms with E-state index in [0.29, 0.717) is 12.8 Å². The number of hydrogen-bond donors (Lipinski definition) is 4. The highest BCUT2D eigenvalue weighted by molar-refractivity contribution is 7.47. The minimum atomic E-state index is -4.76.